The molecule has 9 heteroatoms. The number of likely N-dealkylation sites (N-methyl/N-ethyl adjacent to an activating group) is 1. The lowest BCUT2D eigenvalue weighted by Gasteiger charge is -2.30. The fraction of sp³-hybridized carbons (Fsp3) is 0.681. The van der Waals surface area contributed by atoms with Crippen LogP contribution in [-0.4, -0.2) is 68.5 Å². The van der Waals surface area contributed by atoms with Gasteiger partial charge in [-0.1, -0.05) is 163 Å². The summed E-state index contributed by atoms with van der Waals surface area (Å²) in [5.41, 5.74) is 0. The predicted octanol–water partition coefficient (Wildman–Crippen LogP) is 11.6. The van der Waals surface area contributed by atoms with Crippen molar-refractivity contribution in [1.82, 2.24) is 5.32 Å². The topological polar surface area (TPSA) is 108 Å². The number of aliphatic hydroxyl groups is 1. The van der Waals surface area contributed by atoms with Gasteiger partial charge in [-0.2, -0.15) is 0 Å². The van der Waals surface area contributed by atoms with Crippen molar-refractivity contribution in [3.63, 3.8) is 0 Å². The Morgan fingerprint density at radius 2 is 1.09 bits per heavy atom. The molecule has 0 aliphatic carbocycles. The molecule has 0 rings (SSSR count). The van der Waals surface area contributed by atoms with Crippen molar-refractivity contribution in [3.05, 3.63) is 85.1 Å². The predicted molar refractivity (Wildman–Crippen MR) is 237 cm³/mol. The first kappa shape index (κ1) is 53.7. The van der Waals surface area contributed by atoms with Gasteiger partial charge >= 0.3 is 0 Å². The van der Waals surface area contributed by atoms with E-state index in [9.17, 15) is 19.4 Å². The van der Waals surface area contributed by atoms with Gasteiger partial charge in [0.2, 0.25) is 5.91 Å². The van der Waals surface area contributed by atoms with Gasteiger partial charge in [0.05, 0.1) is 39.9 Å². The zero-order valence-electron chi connectivity index (χ0n) is 36.3. The molecule has 322 valence electrons. The number of amides is 1. The highest BCUT2D eigenvalue weighted by atomic mass is 31.2. The number of quaternary nitrogens is 1. The average molecular weight is 803 g/mol. The quantitative estimate of drug-likeness (QED) is 0.0279. The number of phosphoric ester groups is 1. The number of rotatable bonds is 38. The summed E-state index contributed by atoms with van der Waals surface area (Å²) < 4.78 is 23.0. The lowest BCUT2D eigenvalue weighted by atomic mass is 10.0. The first-order valence-electron chi connectivity index (χ1n) is 21.9. The zero-order valence-corrected chi connectivity index (χ0v) is 37.2. The molecule has 0 aromatic rings. The summed E-state index contributed by atoms with van der Waals surface area (Å²) in [5, 5.41) is 13.7. The summed E-state index contributed by atoms with van der Waals surface area (Å²) in [7, 11) is 1.27. The second kappa shape index (κ2) is 38.2. The molecule has 0 fully saturated rings. The van der Waals surface area contributed by atoms with E-state index >= 15 is 0 Å². The number of unbranched alkanes of at least 4 members (excludes halogenated alkanes) is 11. The summed E-state index contributed by atoms with van der Waals surface area (Å²) in [4.78, 5) is 25.1. The van der Waals surface area contributed by atoms with Gasteiger partial charge in [0.15, 0.2) is 0 Å². The molecule has 0 aromatic heterocycles. The molecule has 0 saturated carbocycles. The standard InChI is InChI=1S/C47H83N2O6P/c1-6-8-10-12-13-14-15-16-17-18-19-20-21-22-23-24-25-26-27-28-29-30-31-32-33-34-35-37-39-41-47(51)48-45(46(50)40-38-36-11-9-7-2)44-55-56(52,53)54-43-42-49(3,4)5/h8,10,13-14,16-17,19-20,22-23,25-26,28-29,45-46,50H,6-7,9,11-12,15,18,21,24,27,30-44H2,1-5H3,(H-,48,51,52,53)/b10-8-,14-13-,17-16-,20-19-,23-22-,26-25-,29-28-. The summed E-state index contributed by atoms with van der Waals surface area (Å²) in [5.74, 6) is -0.189. The molecule has 0 aliphatic rings. The Labute approximate surface area is 344 Å². The molecule has 0 heterocycles. The van der Waals surface area contributed by atoms with Crippen LogP contribution >= 0.6 is 7.82 Å². The molecule has 0 bridgehead atoms. The maximum Gasteiger partial charge on any atom is 0.268 e. The summed E-state index contributed by atoms with van der Waals surface area (Å²) in [6.07, 6.45) is 52.1. The van der Waals surface area contributed by atoms with Crippen molar-refractivity contribution in [3.8, 4) is 0 Å². The molecule has 0 aliphatic heterocycles. The molecular weight excluding hydrogens is 719 g/mol. The maximum absolute atomic E-state index is 12.8. The normalized spacial score (nSPS) is 15.2. The van der Waals surface area contributed by atoms with E-state index in [-0.39, 0.29) is 19.1 Å². The SMILES string of the molecule is CC/C=C\C/C=C\C/C=C\C/C=C\C/C=C\C/C=C\C/C=C\CCCCCCCCCC(=O)NC(COP(=O)([O-])OCC[N+](C)(C)C)C(O)CCCCCCC. The minimum Gasteiger partial charge on any atom is -0.756 e. The van der Waals surface area contributed by atoms with Crippen molar-refractivity contribution < 1.29 is 32.9 Å². The third-order valence-corrected chi connectivity index (χ3v) is 10.1. The van der Waals surface area contributed by atoms with Gasteiger partial charge in [-0.3, -0.25) is 9.36 Å². The molecule has 0 spiro atoms. The molecule has 0 aromatic carbocycles. The van der Waals surface area contributed by atoms with E-state index < -0.39 is 20.0 Å². The molecule has 3 atom stereocenters. The fourth-order valence-corrected chi connectivity index (χ4v) is 6.39. The van der Waals surface area contributed by atoms with Crippen molar-refractivity contribution in [2.45, 2.75) is 167 Å². The molecular formula is C47H83N2O6P. The lowest BCUT2D eigenvalue weighted by Crippen LogP contribution is -2.46. The third-order valence-electron chi connectivity index (χ3n) is 9.15. The lowest BCUT2D eigenvalue weighted by molar-refractivity contribution is -0.870. The Kier molecular flexibility index (Phi) is 36.6. The van der Waals surface area contributed by atoms with E-state index in [1.54, 1.807) is 0 Å². The van der Waals surface area contributed by atoms with E-state index in [0.29, 0.717) is 23.9 Å². The molecule has 3 unspecified atom stereocenters. The van der Waals surface area contributed by atoms with Crippen LogP contribution in [0.25, 0.3) is 0 Å². The molecule has 1 amide bonds. The molecule has 0 radical (unpaired) electrons. The van der Waals surface area contributed by atoms with Crippen molar-refractivity contribution in [1.29, 1.82) is 0 Å². The highest BCUT2D eigenvalue weighted by Gasteiger charge is 2.24. The van der Waals surface area contributed by atoms with E-state index in [1.165, 1.54) is 19.3 Å². The van der Waals surface area contributed by atoms with Crippen LogP contribution in [-0.2, 0) is 18.4 Å². The third kappa shape index (κ3) is 39.9. The zero-order chi connectivity index (χ0) is 41.4. The van der Waals surface area contributed by atoms with Crippen LogP contribution in [0.15, 0.2) is 85.1 Å². The van der Waals surface area contributed by atoms with E-state index in [2.05, 4.69) is 104 Å². The van der Waals surface area contributed by atoms with Gasteiger partial charge in [0.1, 0.15) is 13.2 Å². The fourth-order valence-electron chi connectivity index (χ4n) is 5.66. The summed E-state index contributed by atoms with van der Waals surface area (Å²) in [6.45, 7) is 4.47. The highest BCUT2D eigenvalue weighted by Crippen LogP contribution is 2.38. The van der Waals surface area contributed by atoms with E-state index in [4.69, 9.17) is 9.05 Å². The number of aliphatic hydroxyl groups excluding tert-OH is 1. The average Bonchev–Trinajstić information content (AvgIpc) is 3.15. The number of phosphoric acid groups is 1. The first-order chi connectivity index (χ1) is 27.0. The van der Waals surface area contributed by atoms with Crippen molar-refractivity contribution in [2.75, 3.05) is 40.9 Å². The van der Waals surface area contributed by atoms with Gasteiger partial charge in [-0.25, -0.2) is 0 Å². The summed E-state index contributed by atoms with van der Waals surface area (Å²) in [6, 6.07) is -0.808. The number of allylic oxidation sites excluding steroid dienone is 14. The van der Waals surface area contributed by atoms with Crippen LogP contribution < -0.4 is 10.2 Å². The number of hydrogen-bond acceptors (Lipinski definition) is 6. The Hall–Kier alpha value is -2.32. The molecule has 56 heavy (non-hydrogen) atoms. The number of nitrogens with zero attached hydrogens (tertiary/aromatic N) is 1. The van der Waals surface area contributed by atoms with Crippen LogP contribution in [0.5, 0.6) is 0 Å². The number of nitrogens with one attached hydrogen (secondary N) is 1. The Balaban J connectivity index is 4.08. The molecule has 2 N–H and O–H groups in total. The molecule has 0 saturated heterocycles. The minimum absolute atomic E-state index is 0.00403. The van der Waals surface area contributed by atoms with Gasteiger partial charge in [-0.05, 0) is 70.6 Å². The van der Waals surface area contributed by atoms with E-state index in [0.717, 1.165) is 109 Å². The number of hydrogen-bond donors (Lipinski definition) is 2. The number of carbonyl (C=O) groups excluding carboxylic acids is 1. The first-order valence-corrected chi connectivity index (χ1v) is 23.4. The Bertz CT molecular complexity index is 1180. The van der Waals surface area contributed by atoms with Crippen LogP contribution in [0.4, 0.5) is 0 Å². The second-order valence-electron chi connectivity index (χ2n) is 15.7. The number of carbonyl (C=O) groups is 1. The van der Waals surface area contributed by atoms with Gasteiger partial charge in [0, 0.05) is 6.42 Å². The van der Waals surface area contributed by atoms with E-state index in [1.807, 2.05) is 21.1 Å². The van der Waals surface area contributed by atoms with Crippen LogP contribution in [0.2, 0.25) is 0 Å². The largest absolute Gasteiger partial charge is 0.756 e. The molecule has 8 nitrogen and oxygen atoms in total. The Morgan fingerprint density at radius 1 is 0.643 bits per heavy atom. The van der Waals surface area contributed by atoms with Crippen LogP contribution in [0, 0.1) is 0 Å². The van der Waals surface area contributed by atoms with Crippen LogP contribution in [0.1, 0.15) is 155 Å². The van der Waals surface area contributed by atoms with Crippen molar-refractivity contribution >= 4 is 13.7 Å². The minimum atomic E-state index is -4.56. The monoisotopic (exact) mass is 803 g/mol. The summed E-state index contributed by atoms with van der Waals surface area (Å²) >= 11 is 0. The van der Waals surface area contributed by atoms with Gasteiger partial charge < -0.3 is 28.8 Å². The maximum atomic E-state index is 12.8. The van der Waals surface area contributed by atoms with Crippen LogP contribution in [0.3, 0.4) is 0 Å². The smallest absolute Gasteiger partial charge is 0.268 e. The van der Waals surface area contributed by atoms with Gasteiger partial charge in [-0.15, -0.1) is 0 Å². The van der Waals surface area contributed by atoms with Gasteiger partial charge in [0.25, 0.3) is 7.82 Å². The Morgan fingerprint density at radius 3 is 1.59 bits per heavy atom. The highest BCUT2D eigenvalue weighted by molar-refractivity contribution is 7.45. The second-order valence-corrected chi connectivity index (χ2v) is 17.1. The van der Waals surface area contributed by atoms with Crippen molar-refractivity contribution in [2.24, 2.45) is 0 Å².